The van der Waals surface area contributed by atoms with E-state index in [-0.39, 0.29) is 24.0 Å². The second-order valence-electron chi connectivity index (χ2n) is 6.52. The molecule has 0 amide bonds. The van der Waals surface area contributed by atoms with Crippen molar-refractivity contribution in [1.29, 1.82) is 0 Å². The first-order chi connectivity index (χ1) is 11.8. The van der Waals surface area contributed by atoms with E-state index in [2.05, 4.69) is 29.7 Å². The number of aliphatic imine (C=N–C) groups is 1. The van der Waals surface area contributed by atoms with Gasteiger partial charge in [0, 0.05) is 58.2 Å². The molecule has 0 radical (unpaired) electrons. The molecule has 2 saturated heterocycles. The molecule has 0 bridgehead atoms. The number of aromatic nitrogens is 2. The number of nitrogens with two attached hydrogens (primary N) is 1. The highest BCUT2D eigenvalue weighted by Gasteiger charge is 2.18. The Bertz CT molecular complexity index is 509. The standard InChI is InChI=1S/C17H29N7.HI/c18-16(23-9-3-1-2-4-10-23)19-8-11-22-12-14-24(15-13-22)17-20-6-5-7-21-17;/h5-7H,1-4,8-15H2,(H2,18,19);1H. The summed E-state index contributed by atoms with van der Waals surface area (Å²) in [6, 6.07) is 1.85. The monoisotopic (exact) mass is 459 g/mol. The van der Waals surface area contributed by atoms with E-state index >= 15 is 0 Å². The second kappa shape index (κ2) is 10.7. The maximum atomic E-state index is 6.16. The van der Waals surface area contributed by atoms with Crippen LogP contribution in [0.1, 0.15) is 25.7 Å². The van der Waals surface area contributed by atoms with Crippen molar-refractivity contribution in [2.45, 2.75) is 25.7 Å². The van der Waals surface area contributed by atoms with E-state index in [0.717, 1.165) is 64.3 Å². The summed E-state index contributed by atoms with van der Waals surface area (Å²) < 4.78 is 0. The van der Waals surface area contributed by atoms with Gasteiger partial charge in [-0.2, -0.15) is 0 Å². The molecular formula is C17H30IN7. The molecule has 3 rings (SSSR count). The molecule has 0 aromatic carbocycles. The normalized spacial score (nSPS) is 20.1. The van der Waals surface area contributed by atoms with Crippen LogP contribution in [-0.2, 0) is 0 Å². The highest BCUT2D eigenvalue weighted by molar-refractivity contribution is 14.0. The van der Waals surface area contributed by atoms with E-state index < -0.39 is 0 Å². The number of halogens is 1. The van der Waals surface area contributed by atoms with Crippen LogP contribution in [0.4, 0.5) is 5.95 Å². The van der Waals surface area contributed by atoms with Gasteiger partial charge < -0.3 is 15.5 Å². The van der Waals surface area contributed by atoms with Crippen LogP contribution in [-0.4, -0.2) is 78.1 Å². The molecule has 25 heavy (non-hydrogen) atoms. The summed E-state index contributed by atoms with van der Waals surface area (Å²) in [5.41, 5.74) is 6.16. The zero-order valence-corrected chi connectivity index (χ0v) is 17.2. The Balaban J connectivity index is 0.00000225. The number of guanidine groups is 1. The predicted octanol–water partition coefficient (Wildman–Crippen LogP) is 1.41. The maximum absolute atomic E-state index is 6.16. The summed E-state index contributed by atoms with van der Waals surface area (Å²) in [5.74, 6) is 1.56. The summed E-state index contributed by atoms with van der Waals surface area (Å²) in [6.45, 7) is 7.86. The first kappa shape index (κ1) is 20.2. The van der Waals surface area contributed by atoms with Gasteiger partial charge in [-0.1, -0.05) is 12.8 Å². The SMILES string of the molecule is I.NC(=NCCN1CCN(c2ncccn2)CC1)N1CCCCCC1. The predicted molar refractivity (Wildman–Crippen MR) is 113 cm³/mol. The first-order valence-electron chi connectivity index (χ1n) is 9.12. The fourth-order valence-electron chi connectivity index (χ4n) is 3.33. The zero-order valence-electron chi connectivity index (χ0n) is 14.9. The fourth-order valence-corrected chi connectivity index (χ4v) is 3.33. The minimum atomic E-state index is 0. The average molecular weight is 459 g/mol. The lowest BCUT2D eigenvalue weighted by Gasteiger charge is -2.34. The number of nitrogens with zero attached hydrogens (tertiary/aromatic N) is 6. The molecule has 1 aromatic heterocycles. The van der Waals surface area contributed by atoms with Crippen LogP contribution in [0.3, 0.4) is 0 Å². The van der Waals surface area contributed by atoms with Gasteiger partial charge in [0.15, 0.2) is 5.96 Å². The first-order valence-corrected chi connectivity index (χ1v) is 9.12. The third-order valence-electron chi connectivity index (χ3n) is 4.83. The summed E-state index contributed by atoms with van der Waals surface area (Å²) in [4.78, 5) is 20.2. The highest BCUT2D eigenvalue weighted by Crippen LogP contribution is 2.10. The lowest BCUT2D eigenvalue weighted by molar-refractivity contribution is 0.263. The third-order valence-corrected chi connectivity index (χ3v) is 4.83. The summed E-state index contributed by atoms with van der Waals surface area (Å²) >= 11 is 0. The molecular weight excluding hydrogens is 429 g/mol. The number of piperazine rings is 1. The Morgan fingerprint density at radius 2 is 1.60 bits per heavy atom. The molecule has 0 saturated carbocycles. The van der Waals surface area contributed by atoms with Crippen molar-refractivity contribution in [3.63, 3.8) is 0 Å². The third kappa shape index (κ3) is 6.25. The van der Waals surface area contributed by atoms with E-state index in [4.69, 9.17) is 5.73 Å². The van der Waals surface area contributed by atoms with Crippen LogP contribution < -0.4 is 10.6 Å². The lowest BCUT2D eigenvalue weighted by atomic mass is 10.2. The lowest BCUT2D eigenvalue weighted by Crippen LogP contribution is -2.47. The molecule has 2 aliphatic heterocycles. The van der Waals surface area contributed by atoms with E-state index in [1.807, 2.05) is 6.07 Å². The van der Waals surface area contributed by atoms with E-state index in [9.17, 15) is 0 Å². The molecule has 140 valence electrons. The van der Waals surface area contributed by atoms with Crippen LogP contribution in [0.2, 0.25) is 0 Å². The molecule has 2 fully saturated rings. The Morgan fingerprint density at radius 1 is 0.960 bits per heavy atom. The van der Waals surface area contributed by atoms with Crippen LogP contribution in [0.15, 0.2) is 23.5 Å². The van der Waals surface area contributed by atoms with E-state index in [1.165, 1.54) is 25.7 Å². The number of likely N-dealkylation sites (tertiary alicyclic amines) is 1. The molecule has 0 spiro atoms. The fraction of sp³-hybridized carbons (Fsp3) is 0.706. The van der Waals surface area contributed by atoms with Gasteiger partial charge in [0.05, 0.1) is 6.54 Å². The Morgan fingerprint density at radius 3 is 2.24 bits per heavy atom. The van der Waals surface area contributed by atoms with Crippen molar-refractivity contribution in [3.8, 4) is 0 Å². The number of hydrogen-bond donors (Lipinski definition) is 1. The van der Waals surface area contributed by atoms with Crippen LogP contribution in [0.25, 0.3) is 0 Å². The summed E-state index contributed by atoms with van der Waals surface area (Å²) in [6.07, 6.45) is 8.71. The van der Waals surface area contributed by atoms with E-state index in [0.29, 0.717) is 0 Å². The quantitative estimate of drug-likeness (QED) is 0.417. The summed E-state index contributed by atoms with van der Waals surface area (Å²) in [5, 5.41) is 0. The molecule has 3 heterocycles. The topological polar surface area (TPSA) is 73.9 Å². The van der Waals surface area contributed by atoms with Crippen molar-refractivity contribution in [3.05, 3.63) is 18.5 Å². The Hall–Kier alpha value is -1.16. The van der Waals surface area contributed by atoms with Crippen LogP contribution in [0.5, 0.6) is 0 Å². The molecule has 0 atom stereocenters. The molecule has 7 nitrogen and oxygen atoms in total. The van der Waals surface area contributed by atoms with Gasteiger partial charge >= 0.3 is 0 Å². The van der Waals surface area contributed by atoms with Crippen molar-refractivity contribution in [2.24, 2.45) is 10.7 Å². The minimum absolute atomic E-state index is 0. The van der Waals surface area contributed by atoms with Gasteiger partial charge in [-0.25, -0.2) is 9.97 Å². The molecule has 2 N–H and O–H groups in total. The smallest absolute Gasteiger partial charge is 0.225 e. The number of anilines is 1. The van der Waals surface area contributed by atoms with Crippen LogP contribution in [0, 0.1) is 0 Å². The maximum Gasteiger partial charge on any atom is 0.225 e. The van der Waals surface area contributed by atoms with Gasteiger partial charge in [-0.05, 0) is 18.9 Å². The molecule has 1 aromatic rings. The summed E-state index contributed by atoms with van der Waals surface area (Å²) in [7, 11) is 0. The molecule has 0 unspecified atom stereocenters. The highest BCUT2D eigenvalue weighted by atomic mass is 127. The minimum Gasteiger partial charge on any atom is -0.370 e. The number of hydrogen-bond acceptors (Lipinski definition) is 5. The van der Waals surface area contributed by atoms with Crippen molar-refractivity contribution in [2.75, 3.05) is 57.3 Å². The van der Waals surface area contributed by atoms with Crippen molar-refractivity contribution in [1.82, 2.24) is 19.8 Å². The molecule has 2 aliphatic rings. The van der Waals surface area contributed by atoms with Gasteiger partial charge in [-0.3, -0.25) is 9.89 Å². The van der Waals surface area contributed by atoms with Gasteiger partial charge in [0.2, 0.25) is 5.95 Å². The second-order valence-corrected chi connectivity index (χ2v) is 6.52. The number of rotatable bonds is 4. The van der Waals surface area contributed by atoms with Crippen molar-refractivity contribution >= 4 is 35.9 Å². The molecule has 8 heteroatoms. The zero-order chi connectivity index (χ0) is 16.6. The van der Waals surface area contributed by atoms with Crippen LogP contribution >= 0.6 is 24.0 Å². The van der Waals surface area contributed by atoms with E-state index in [1.54, 1.807) is 12.4 Å². The van der Waals surface area contributed by atoms with Crippen molar-refractivity contribution < 1.29 is 0 Å². The van der Waals surface area contributed by atoms with Gasteiger partial charge in [-0.15, -0.1) is 24.0 Å². The van der Waals surface area contributed by atoms with Gasteiger partial charge in [0.1, 0.15) is 0 Å². The van der Waals surface area contributed by atoms with Gasteiger partial charge in [0.25, 0.3) is 0 Å². The largest absolute Gasteiger partial charge is 0.370 e. The Kier molecular flexibility index (Phi) is 8.66. The average Bonchev–Trinajstić information content (AvgIpc) is 2.92. The molecule has 0 aliphatic carbocycles. The Labute approximate surface area is 167 Å².